The summed E-state index contributed by atoms with van der Waals surface area (Å²) in [6.07, 6.45) is 8.18. The van der Waals surface area contributed by atoms with Gasteiger partial charge < -0.3 is 0 Å². The Hall–Kier alpha value is -0.790. The lowest BCUT2D eigenvalue weighted by Crippen LogP contribution is -1.99. The molecule has 1 aliphatic carbocycles. The van der Waals surface area contributed by atoms with Gasteiger partial charge in [-0.2, -0.15) is 5.10 Å². The predicted molar refractivity (Wildman–Crippen MR) is 53.5 cm³/mol. The molecule has 1 saturated carbocycles. The molecule has 0 atom stereocenters. The summed E-state index contributed by atoms with van der Waals surface area (Å²) in [6.45, 7) is 5.63. The first-order valence-corrected chi connectivity index (χ1v) is 5.25. The summed E-state index contributed by atoms with van der Waals surface area (Å²) < 4.78 is 2.11. The summed E-state index contributed by atoms with van der Waals surface area (Å²) >= 11 is 0. The van der Waals surface area contributed by atoms with Gasteiger partial charge in [-0.1, -0.05) is 13.8 Å². The van der Waals surface area contributed by atoms with Gasteiger partial charge in [-0.25, -0.2) is 0 Å². The molecule has 0 spiro atoms. The van der Waals surface area contributed by atoms with Crippen LogP contribution in [0.25, 0.3) is 0 Å². The van der Waals surface area contributed by atoms with Crippen LogP contribution in [0.1, 0.15) is 32.3 Å². The van der Waals surface area contributed by atoms with Gasteiger partial charge in [0.2, 0.25) is 0 Å². The van der Waals surface area contributed by atoms with Crippen molar-refractivity contribution in [1.29, 1.82) is 0 Å². The minimum atomic E-state index is 0.735. The Kier molecular flexibility index (Phi) is 2.38. The summed E-state index contributed by atoms with van der Waals surface area (Å²) in [5.41, 5.74) is 1.38. The molecule has 0 bridgehead atoms. The van der Waals surface area contributed by atoms with Crippen LogP contribution in [0.5, 0.6) is 0 Å². The van der Waals surface area contributed by atoms with Crippen molar-refractivity contribution in [2.75, 3.05) is 0 Å². The Labute approximate surface area is 80.0 Å². The van der Waals surface area contributed by atoms with E-state index in [2.05, 4.69) is 29.8 Å². The largest absolute Gasteiger partial charge is 0.272 e. The Morgan fingerprint density at radius 3 is 2.92 bits per heavy atom. The van der Waals surface area contributed by atoms with Gasteiger partial charge in [0.1, 0.15) is 0 Å². The molecule has 0 aromatic carbocycles. The highest BCUT2D eigenvalue weighted by atomic mass is 15.3. The average Bonchev–Trinajstić information content (AvgIpc) is 2.73. The van der Waals surface area contributed by atoms with Gasteiger partial charge in [-0.05, 0) is 36.7 Å². The van der Waals surface area contributed by atoms with Crippen molar-refractivity contribution in [3.8, 4) is 0 Å². The molecule has 1 aromatic heterocycles. The van der Waals surface area contributed by atoms with Crippen molar-refractivity contribution in [1.82, 2.24) is 9.78 Å². The second-order valence-electron chi connectivity index (χ2n) is 4.61. The van der Waals surface area contributed by atoms with Crippen LogP contribution in [-0.2, 0) is 13.0 Å². The molecule has 1 fully saturated rings. The van der Waals surface area contributed by atoms with E-state index in [1.165, 1.54) is 18.4 Å². The van der Waals surface area contributed by atoms with Crippen LogP contribution in [0.4, 0.5) is 0 Å². The Bertz CT molecular complexity index is 253. The molecule has 2 nitrogen and oxygen atoms in total. The summed E-state index contributed by atoms with van der Waals surface area (Å²) in [7, 11) is 0. The summed E-state index contributed by atoms with van der Waals surface area (Å²) in [5, 5.41) is 4.37. The van der Waals surface area contributed by atoms with Gasteiger partial charge in [0.05, 0.1) is 6.20 Å². The third kappa shape index (κ3) is 2.58. The highest BCUT2D eigenvalue weighted by molar-refractivity contribution is 5.04. The number of aromatic nitrogens is 2. The van der Waals surface area contributed by atoms with Crippen molar-refractivity contribution >= 4 is 0 Å². The molecule has 0 aliphatic heterocycles. The fourth-order valence-electron chi connectivity index (χ4n) is 1.65. The molecular weight excluding hydrogens is 160 g/mol. The maximum absolute atomic E-state index is 4.37. The zero-order valence-electron chi connectivity index (χ0n) is 8.53. The lowest BCUT2D eigenvalue weighted by atomic mass is 10.1. The molecule has 0 radical (unpaired) electrons. The van der Waals surface area contributed by atoms with E-state index in [4.69, 9.17) is 0 Å². The van der Waals surface area contributed by atoms with Crippen LogP contribution < -0.4 is 0 Å². The summed E-state index contributed by atoms with van der Waals surface area (Å²) in [4.78, 5) is 0. The molecule has 72 valence electrons. The Morgan fingerprint density at radius 1 is 1.54 bits per heavy atom. The number of rotatable bonds is 4. The lowest BCUT2D eigenvalue weighted by Gasteiger charge is -2.00. The standard InChI is InChI=1S/C11H18N2/c1-9(2)5-11-6-12-13(8-11)7-10-3-4-10/h6,8-10H,3-5,7H2,1-2H3. The van der Waals surface area contributed by atoms with Crippen LogP contribution in [-0.4, -0.2) is 9.78 Å². The van der Waals surface area contributed by atoms with E-state index in [-0.39, 0.29) is 0 Å². The van der Waals surface area contributed by atoms with Crippen LogP contribution in [0, 0.1) is 11.8 Å². The molecule has 0 unspecified atom stereocenters. The first-order chi connectivity index (χ1) is 6.24. The smallest absolute Gasteiger partial charge is 0.0521 e. The van der Waals surface area contributed by atoms with Gasteiger partial charge >= 0.3 is 0 Å². The SMILES string of the molecule is CC(C)Cc1cnn(CC2CC2)c1. The lowest BCUT2D eigenvalue weighted by molar-refractivity contribution is 0.561. The van der Waals surface area contributed by atoms with Gasteiger partial charge in [0.15, 0.2) is 0 Å². The molecule has 1 aromatic rings. The van der Waals surface area contributed by atoms with E-state index in [9.17, 15) is 0 Å². The average molecular weight is 178 g/mol. The topological polar surface area (TPSA) is 17.8 Å². The predicted octanol–water partition coefficient (Wildman–Crippen LogP) is 2.49. The van der Waals surface area contributed by atoms with Crippen LogP contribution >= 0.6 is 0 Å². The van der Waals surface area contributed by atoms with E-state index < -0.39 is 0 Å². The third-order valence-corrected chi connectivity index (χ3v) is 2.47. The summed E-state index contributed by atoms with van der Waals surface area (Å²) in [6, 6.07) is 0. The van der Waals surface area contributed by atoms with Crippen molar-refractivity contribution in [3.63, 3.8) is 0 Å². The Morgan fingerprint density at radius 2 is 2.31 bits per heavy atom. The number of hydrogen-bond acceptors (Lipinski definition) is 1. The van der Waals surface area contributed by atoms with Gasteiger partial charge in [0, 0.05) is 12.7 Å². The van der Waals surface area contributed by atoms with Crippen LogP contribution in [0.2, 0.25) is 0 Å². The molecule has 0 amide bonds. The second kappa shape index (κ2) is 3.52. The molecule has 1 aliphatic rings. The van der Waals surface area contributed by atoms with E-state index in [0.717, 1.165) is 24.8 Å². The van der Waals surface area contributed by atoms with Crippen molar-refractivity contribution in [3.05, 3.63) is 18.0 Å². The quantitative estimate of drug-likeness (QED) is 0.692. The van der Waals surface area contributed by atoms with Crippen LogP contribution in [0.3, 0.4) is 0 Å². The number of hydrogen-bond donors (Lipinski definition) is 0. The minimum absolute atomic E-state index is 0.735. The van der Waals surface area contributed by atoms with E-state index in [1.807, 2.05) is 6.20 Å². The van der Waals surface area contributed by atoms with E-state index in [1.54, 1.807) is 0 Å². The monoisotopic (exact) mass is 178 g/mol. The molecule has 0 saturated heterocycles. The third-order valence-electron chi connectivity index (χ3n) is 2.47. The first-order valence-electron chi connectivity index (χ1n) is 5.25. The van der Waals surface area contributed by atoms with Crippen molar-refractivity contribution in [2.24, 2.45) is 11.8 Å². The van der Waals surface area contributed by atoms with Crippen LogP contribution in [0.15, 0.2) is 12.4 Å². The number of nitrogens with zero attached hydrogens (tertiary/aromatic N) is 2. The van der Waals surface area contributed by atoms with E-state index in [0.29, 0.717) is 0 Å². The fraction of sp³-hybridized carbons (Fsp3) is 0.727. The molecule has 2 rings (SSSR count). The van der Waals surface area contributed by atoms with Crippen molar-refractivity contribution in [2.45, 2.75) is 39.7 Å². The molecule has 2 heteroatoms. The zero-order chi connectivity index (χ0) is 9.26. The molecule has 13 heavy (non-hydrogen) atoms. The van der Waals surface area contributed by atoms with Gasteiger partial charge in [0.25, 0.3) is 0 Å². The van der Waals surface area contributed by atoms with Crippen molar-refractivity contribution < 1.29 is 0 Å². The fourth-order valence-corrected chi connectivity index (χ4v) is 1.65. The van der Waals surface area contributed by atoms with E-state index >= 15 is 0 Å². The minimum Gasteiger partial charge on any atom is -0.272 e. The maximum Gasteiger partial charge on any atom is 0.0521 e. The molecule has 0 N–H and O–H groups in total. The zero-order valence-corrected chi connectivity index (χ0v) is 8.53. The van der Waals surface area contributed by atoms with Gasteiger partial charge in [-0.3, -0.25) is 4.68 Å². The second-order valence-corrected chi connectivity index (χ2v) is 4.61. The molecule has 1 heterocycles. The summed E-state index contributed by atoms with van der Waals surface area (Å²) in [5.74, 6) is 1.66. The molecular formula is C11H18N2. The van der Waals surface area contributed by atoms with Gasteiger partial charge in [-0.15, -0.1) is 0 Å². The highest BCUT2D eigenvalue weighted by Gasteiger charge is 2.21. The maximum atomic E-state index is 4.37. The Balaban J connectivity index is 1.91. The highest BCUT2D eigenvalue weighted by Crippen LogP contribution is 2.30. The normalized spacial score (nSPS) is 16.8. The first kappa shape index (κ1) is 8.79.